The molecule has 6 heteroatoms. The third-order valence-electron chi connectivity index (χ3n) is 1.97. The average molecular weight is 267 g/mol. The lowest BCUT2D eigenvalue weighted by Crippen LogP contribution is -2.33. The summed E-state index contributed by atoms with van der Waals surface area (Å²) < 4.78 is 5.02. The fourth-order valence-electron chi connectivity index (χ4n) is 1.05. The van der Waals surface area contributed by atoms with Crippen molar-refractivity contribution >= 4 is 24.3 Å². The van der Waals surface area contributed by atoms with Gasteiger partial charge in [0.15, 0.2) is 0 Å². The molecule has 0 radical (unpaired) electrons. The molecule has 0 bridgehead atoms. The van der Waals surface area contributed by atoms with E-state index in [4.69, 9.17) is 10.5 Å². The van der Waals surface area contributed by atoms with Crippen LogP contribution in [0.15, 0.2) is 0 Å². The van der Waals surface area contributed by atoms with Gasteiger partial charge < -0.3 is 15.8 Å². The van der Waals surface area contributed by atoms with E-state index in [0.29, 0.717) is 25.9 Å². The number of nitrogens with two attached hydrogens (primary N) is 1. The molecular weight excluding hydrogens is 244 g/mol. The highest BCUT2D eigenvalue weighted by Crippen LogP contribution is 2.00. The summed E-state index contributed by atoms with van der Waals surface area (Å²) in [5.41, 5.74) is 5.28. The quantitative estimate of drug-likeness (QED) is 0.670. The first-order valence-electron chi connectivity index (χ1n) is 5.64. The van der Waals surface area contributed by atoms with Crippen LogP contribution in [0.5, 0.6) is 0 Å². The van der Waals surface area contributed by atoms with E-state index in [2.05, 4.69) is 5.32 Å². The van der Waals surface area contributed by atoms with Crippen molar-refractivity contribution in [2.24, 2.45) is 11.7 Å². The van der Waals surface area contributed by atoms with E-state index in [-0.39, 0.29) is 36.3 Å². The molecule has 5 nitrogen and oxygen atoms in total. The van der Waals surface area contributed by atoms with Gasteiger partial charge in [0.25, 0.3) is 0 Å². The minimum atomic E-state index is -0.316. The zero-order chi connectivity index (χ0) is 12.6. The van der Waals surface area contributed by atoms with Crippen molar-refractivity contribution in [1.82, 2.24) is 5.32 Å². The Hall–Kier alpha value is -0.810. The molecule has 0 aromatic rings. The Morgan fingerprint density at radius 3 is 2.35 bits per heavy atom. The Bertz CT molecular complexity index is 235. The Balaban J connectivity index is 0. The van der Waals surface area contributed by atoms with Crippen molar-refractivity contribution in [2.75, 3.05) is 13.1 Å². The third kappa shape index (κ3) is 10.1. The van der Waals surface area contributed by atoms with Gasteiger partial charge in [-0.15, -0.1) is 12.4 Å². The molecule has 0 saturated carbocycles. The van der Waals surface area contributed by atoms with E-state index in [0.717, 1.165) is 0 Å². The van der Waals surface area contributed by atoms with Gasteiger partial charge in [-0.05, 0) is 26.8 Å². The predicted octanol–water partition coefficient (Wildman–Crippen LogP) is 0.851. The van der Waals surface area contributed by atoms with Crippen molar-refractivity contribution in [3.8, 4) is 0 Å². The van der Waals surface area contributed by atoms with Crippen molar-refractivity contribution in [1.29, 1.82) is 0 Å². The topological polar surface area (TPSA) is 81.4 Å². The van der Waals surface area contributed by atoms with E-state index >= 15 is 0 Å². The lowest BCUT2D eigenvalue weighted by molar-refractivity contribution is -0.151. The number of carbonyl (C=O) groups is 2. The monoisotopic (exact) mass is 266 g/mol. The Morgan fingerprint density at radius 1 is 1.29 bits per heavy atom. The molecule has 0 aromatic carbocycles. The van der Waals surface area contributed by atoms with Crippen LogP contribution in [0.1, 0.15) is 33.6 Å². The van der Waals surface area contributed by atoms with E-state index in [1.165, 1.54) is 0 Å². The van der Waals surface area contributed by atoms with Crippen LogP contribution in [0, 0.1) is 5.92 Å². The molecule has 0 aromatic heterocycles. The van der Waals surface area contributed by atoms with E-state index < -0.39 is 0 Å². The van der Waals surface area contributed by atoms with Gasteiger partial charge >= 0.3 is 5.97 Å². The molecule has 17 heavy (non-hydrogen) atoms. The Labute approximate surface area is 109 Å². The maximum atomic E-state index is 11.4. The second-order valence-electron chi connectivity index (χ2n) is 4.08. The molecule has 102 valence electrons. The molecular formula is C11H23ClN2O3. The number of carbonyl (C=O) groups excluding carboxylic acids is 2. The van der Waals surface area contributed by atoms with Crippen LogP contribution in [0.2, 0.25) is 0 Å². The van der Waals surface area contributed by atoms with Crippen LogP contribution in [-0.2, 0) is 14.3 Å². The molecule has 0 aliphatic carbocycles. The molecule has 0 rings (SSSR count). The standard InChI is InChI=1S/C11H22N2O3.ClH/c1-8(2)16-11(15)9(3)7-13-10(14)5-4-6-12;/h8-9H,4-7,12H2,1-3H3,(H,13,14);1H. The normalized spacial score (nSPS) is 11.6. The van der Waals surface area contributed by atoms with Crippen molar-refractivity contribution < 1.29 is 14.3 Å². The molecule has 0 heterocycles. The third-order valence-corrected chi connectivity index (χ3v) is 1.97. The predicted molar refractivity (Wildman–Crippen MR) is 68.9 cm³/mol. The van der Waals surface area contributed by atoms with Gasteiger partial charge in [-0.25, -0.2) is 0 Å². The van der Waals surface area contributed by atoms with E-state index in [9.17, 15) is 9.59 Å². The summed E-state index contributed by atoms with van der Waals surface area (Å²) in [6.45, 7) is 6.14. The fourth-order valence-corrected chi connectivity index (χ4v) is 1.05. The first-order chi connectivity index (χ1) is 7.47. The van der Waals surface area contributed by atoms with Gasteiger partial charge in [0.2, 0.25) is 5.91 Å². The smallest absolute Gasteiger partial charge is 0.310 e. The molecule has 0 aliphatic heterocycles. The maximum absolute atomic E-state index is 11.4. The molecule has 3 N–H and O–H groups in total. The minimum Gasteiger partial charge on any atom is -0.463 e. The number of nitrogens with one attached hydrogen (secondary N) is 1. The number of halogens is 1. The molecule has 1 amide bonds. The molecule has 0 spiro atoms. The average Bonchev–Trinajstić information content (AvgIpc) is 2.21. The Kier molecular flexibility index (Phi) is 11.3. The molecule has 1 unspecified atom stereocenters. The van der Waals surface area contributed by atoms with Gasteiger partial charge in [-0.3, -0.25) is 9.59 Å². The number of hydrogen-bond donors (Lipinski definition) is 2. The van der Waals surface area contributed by atoms with Crippen LogP contribution in [0.4, 0.5) is 0 Å². The number of amides is 1. The van der Waals surface area contributed by atoms with Crippen molar-refractivity contribution in [2.45, 2.75) is 39.7 Å². The highest BCUT2D eigenvalue weighted by molar-refractivity contribution is 5.85. The van der Waals surface area contributed by atoms with Crippen LogP contribution < -0.4 is 11.1 Å². The molecule has 0 fully saturated rings. The molecule has 1 atom stereocenters. The van der Waals surface area contributed by atoms with Gasteiger partial charge in [-0.1, -0.05) is 6.92 Å². The second-order valence-corrected chi connectivity index (χ2v) is 4.08. The summed E-state index contributed by atoms with van der Waals surface area (Å²) in [6.07, 6.45) is 0.946. The van der Waals surface area contributed by atoms with E-state index in [1.807, 2.05) is 0 Å². The summed E-state index contributed by atoms with van der Waals surface area (Å²) in [4.78, 5) is 22.6. The first-order valence-corrected chi connectivity index (χ1v) is 5.64. The van der Waals surface area contributed by atoms with Crippen LogP contribution in [0.3, 0.4) is 0 Å². The summed E-state index contributed by atoms with van der Waals surface area (Å²) >= 11 is 0. The lowest BCUT2D eigenvalue weighted by atomic mass is 10.2. The SMILES string of the molecule is CC(C)OC(=O)C(C)CNC(=O)CCCN.Cl. The fraction of sp³-hybridized carbons (Fsp3) is 0.818. The number of ether oxygens (including phenoxy) is 1. The van der Waals surface area contributed by atoms with Crippen LogP contribution in [-0.4, -0.2) is 31.1 Å². The number of esters is 1. The summed E-state index contributed by atoms with van der Waals surface area (Å²) in [5, 5.41) is 2.68. The first kappa shape index (κ1) is 18.6. The van der Waals surface area contributed by atoms with Crippen molar-refractivity contribution in [3.63, 3.8) is 0 Å². The van der Waals surface area contributed by atoms with Gasteiger partial charge in [0.1, 0.15) is 0 Å². The van der Waals surface area contributed by atoms with Gasteiger partial charge in [0.05, 0.1) is 12.0 Å². The molecule has 0 aliphatic rings. The zero-order valence-electron chi connectivity index (χ0n) is 10.7. The van der Waals surface area contributed by atoms with Crippen molar-refractivity contribution in [3.05, 3.63) is 0 Å². The zero-order valence-corrected chi connectivity index (χ0v) is 11.5. The lowest BCUT2D eigenvalue weighted by Gasteiger charge is -2.14. The highest BCUT2D eigenvalue weighted by atomic mass is 35.5. The summed E-state index contributed by atoms with van der Waals surface area (Å²) in [6, 6.07) is 0. The highest BCUT2D eigenvalue weighted by Gasteiger charge is 2.16. The second kappa shape index (κ2) is 10.4. The minimum absolute atomic E-state index is 0. The number of rotatable bonds is 7. The van der Waals surface area contributed by atoms with Crippen LogP contribution >= 0.6 is 12.4 Å². The van der Waals surface area contributed by atoms with Crippen LogP contribution in [0.25, 0.3) is 0 Å². The Morgan fingerprint density at radius 2 is 1.88 bits per heavy atom. The summed E-state index contributed by atoms with van der Waals surface area (Å²) in [7, 11) is 0. The largest absolute Gasteiger partial charge is 0.463 e. The van der Waals surface area contributed by atoms with E-state index in [1.54, 1.807) is 20.8 Å². The van der Waals surface area contributed by atoms with Gasteiger partial charge in [0, 0.05) is 13.0 Å². The summed E-state index contributed by atoms with van der Waals surface area (Å²) in [5.74, 6) is -0.673. The maximum Gasteiger partial charge on any atom is 0.310 e. The molecule has 0 saturated heterocycles. The number of hydrogen-bond acceptors (Lipinski definition) is 4. The van der Waals surface area contributed by atoms with Gasteiger partial charge in [-0.2, -0.15) is 0 Å².